The summed E-state index contributed by atoms with van der Waals surface area (Å²) in [4.78, 5) is 1.82. The molecule has 1 rings (SSSR count). The quantitative estimate of drug-likeness (QED) is 0.681. The molecule has 1 heterocycles. The van der Waals surface area contributed by atoms with Gasteiger partial charge in [-0.3, -0.25) is 0 Å². The minimum absolute atomic E-state index is 0.604. The number of piperidine rings is 1. The Morgan fingerprint density at radius 2 is 1.93 bits per heavy atom. The summed E-state index contributed by atoms with van der Waals surface area (Å²) in [7, 11) is -3.92. The summed E-state index contributed by atoms with van der Waals surface area (Å²) >= 11 is 0. The molecule has 0 amide bonds. The normalized spacial score (nSPS) is 26.7. The van der Waals surface area contributed by atoms with E-state index in [-0.39, 0.29) is 0 Å². The smallest absolute Gasteiger partial charge is 0.0916 e. The summed E-state index contributed by atoms with van der Waals surface area (Å²) < 4.78 is 27.2. The van der Waals surface area contributed by atoms with Gasteiger partial charge in [0, 0.05) is 12.2 Å². The summed E-state index contributed by atoms with van der Waals surface area (Å²) in [6.07, 6.45) is 4.94. The van der Waals surface area contributed by atoms with Crippen molar-refractivity contribution < 1.29 is 17.9 Å². The van der Waals surface area contributed by atoms with E-state index in [9.17, 15) is 0 Å². The first kappa shape index (κ1) is 14.9. The van der Waals surface area contributed by atoms with Gasteiger partial charge in [0.2, 0.25) is 0 Å². The van der Waals surface area contributed by atoms with Crippen molar-refractivity contribution in [3.05, 3.63) is 0 Å². The highest BCUT2D eigenvalue weighted by molar-refractivity contribution is 7.84. The number of nitrogens with one attached hydrogen (secondary N) is 1. The third-order valence-electron chi connectivity index (χ3n) is 2.80. The first-order chi connectivity index (χ1) is 6.86. The lowest BCUT2D eigenvalue weighted by Gasteiger charge is -2.28. The van der Waals surface area contributed by atoms with E-state index < -0.39 is 10.1 Å². The van der Waals surface area contributed by atoms with Crippen LogP contribution in [0.4, 0.5) is 0 Å². The van der Waals surface area contributed by atoms with E-state index in [1.54, 1.807) is 0 Å². The Hall–Kier alpha value is -0.130. The molecule has 1 N–H and O–H groups in total. The highest BCUT2D eigenvalue weighted by atomic mass is 32.2. The molecule has 4 nitrogen and oxygen atoms in total. The molecule has 5 heteroatoms. The second-order valence-electron chi connectivity index (χ2n) is 4.18. The van der Waals surface area contributed by atoms with Gasteiger partial charge in [0.25, 0.3) is 0 Å². The molecule has 1 fully saturated rings. The highest BCUT2D eigenvalue weighted by Crippen LogP contribution is 2.10. The Labute approximate surface area is 93.4 Å². The molecule has 1 saturated heterocycles. The molecule has 0 radical (unpaired) electrons. The molecule has 1 aliphatic heterocycles. The second-order valence-corrected chi connectivity index (χ2v) is 5.59. The molecule has 0 aromatic rings. The van der Waals surface area contributed by atoms with E-state index in [4.69, 9.17) is 13.0 Å². The third-order valence-corrected chi connectivity index (χ3v) is 2.80. The number of hydrogen-bond acceptors (Lipinski definition) is 3. The number of likely N-dealkylation sites (tertiary alicyclic amines) is 1. The average Bonchev–Trinajstić information content (AvgIpc) is 2.15. The minimum Gasteiger partial charge on any atom is -0.748 e. The molecule has 92 valence electrons. The van der Waals surface area contributed by atoms with Crippen molar-refractivity contribution >= 4 is 10.1 Å². The van der Waals surface area contributed by atoms with Crippen molar-refractivity contribution in [2.45, 2.75) is 33.1 Å². The van der Waals surface area contributed by atoms with Gasteiger partial charge >= 0.3 is 0 Å². The van der Waals surface area contributed by atoms with Crippen LogP contribution < -0.4 is 4.90 Å². The molecule has 2 unspecified atom stereocenters. The maximum Gasteiger partial charge on any atom is 0.0916 e. The van der Waals surface area contributed by atoms with E-state index in [2.05, 4.69) is 13.8 Å². The minimum atomic E-state index is -3.92. The van der Waals surface area contributed by atoms with Gasteiger partial charge in [-0.2, -0.15) is 0 Å². The topological polar surface area (TPSA) is 61.6 Å². The zero-order valence-electron chi connectivity index (χ0n) is 9.95. The zero-order chi connectivity index (χ0) is 11.9. The van der Waals surface area contributed by atoms with Crippen LogP contribution >= 0.6 is 0 Å². The average molecular weight is 237 g/mol. The van der Waals surface area contributed by atoms with Crippen LogP contribution in [0.1, 0.15) is 33.1 Å². The Kier molecular flexibility index (Phi) is 7.13. The lowest BCUT2D eigenvalue weighted by molar-refractivity contribution is -0.907. The largest absolute Gasteiger partial charge is 0.748 e. The van der Waals surface area contributed by atoms with E-state index in [0.717, 1.165) is 5.92 Å². The van der Waals surface area contributed by atoms with Crippen molar-refractivity contribution in [3.8, 4) is 0 Å². The third kappa shape index (κ3) is 10.2. The monoisotopic (exact) mass is 237 g/mol. The summed E-state index contributed by atoms with van der Waals surface area (Å²) in [5, 5.41) is 0. The Morgan fingerprint density at radius 3 is 2.33 bits per heavy atom. The Morgan fingerprint density at radius 1 is 1.40 bits per heavy atom. The predicted molar refractivity (Wildman–Crippen MR) is 59.9 cm³/mol. The van der Waals surface area contributed by atoms with Gasteiger partial charge in [-0.1, -0.05) is 6.92 Å². The van der Waals surface area contributed by atoms with Crippen molar-refractivity contribution in [2.75, 3.05) is 25.9 Å². The van der Waals surface area contributed by atoms with Crippen LogP contribution in [-0.2, 0) is 10.1 Å². The molecule has 0 saturated carbocycles. The van der Waals surface area contributed by atoms with E-state index in [1.165, 1.54) is 38.9 Å². The fourth-order valence-corrected chi connectivity index (χ4v) is 1.92. The lowest BCUT2D eigenvalue weighted by atomic mass is 9.96. The predicted octanol–water partition coefficient (Wildman–Crippen LogP) is -0.127. The molecule has 0 bridgehead atoms. The standard InChI is InChI=1S/C9H19N.CH4O3S/c1-3-9-6-5-7-10(4-2)8-9;1-5(2,3)4/h9H,3-8H2,1-2H3;1H3,(H,2,3,4). The second kappa shape index (κ2) is 7.19. The van der Waals surface area contributed by atoms with Gasteiger partial charge in [0.15, 0.2) is 0 Å². The van der Waals surface area contributed by atoms with Gasteiger partial charge in [0.1, 0.15) is 0 Å². The lowest BCUT2D eigenvalue weighted by Crippen LogP contribution is -3.13. The van der Waals surface area contributed by atoms with Gasteiger partial charge < -0.3 is 9.45 Å². The van der Waals surface area contributed by atoms with E-state index in [1.807, 2.05) is 4.90 Å². The van der Waals surface area contributed by atoms with Crippen LogP contribution in [0, 0.1) is 5.92 Å². The van der Waals surface area contributed by atoms with Crippen LogP contribution in [0.3, 0.4) is 0 Å². The molecule has 0 spiro atoms. The molecule has 0 aromatic heterocycles. The van der Waals surface area contributed by atoms with Gasteiger partial charge in [-0.05, 0) is 26.2 Å². The van der Waals surface area contributed by atoms with Gasteiger partial charge in [-0.25, -0.2) is 8.42 Å². The van der Waals surface area contributed by atoms with Crippen molar-refractivity contribution in [1.29, 1.82) is 0 Å². The van der Waals surface area contributed by atoms with Gasteiger partial charge in [-0.15, -0.1) is 0 Å². The Balaban J connectivity index is 0.000000336. The maximum atomic E-state index is 9.08. The summed E-state index contributed by atoms with van der Waals surface area (Å²) in [6, 6.07) is 0. The molecule has 0 aliphatic carbocycles. The summed E-state index contributed by atoms with van der Waals surface area (Å²) in [6.45, 7) is 8.81. The van der Waals surface area contributed by atoms with Crippen molar-refractivity contribution in [2.24, 2.45) is 5.92 Å². The number of hydrogen-bond donors (Lipinski definition) is 1. The van der Waals surface area contributed by atoms with Crippen molar-refractivity contribution in [3.63, 3.8) is 0 Å². The highest BCUT2D eigenvalue weighted by Gasteiger charge is 2.19. The van der Waals surface area contributed by atoms with Gasteiger partial charge in [0.05, 0.1) is 29.8 Å². The fourth-order valence-electron chi connectivity index (χ4n) is 1.92. The zero-order valence-corrected chi connectivity index (χ0v) is 10.8. The molecule has 2 atom stereocenters. The van der Waals surface area contributed by atoms with E-state index in [0.29, 0.717) is 6.26 Å². The fraction of sp³-hybridized carbons (Fsp3) is 1.00. The van der Waals surface area contributed by atoms with Crippen LogP contribution in [-0.4, -0.2) is 38.9 Å². The van der Waals surface area contributed by atoms with Crippen molar-refractivity contribution in [1.82, 2.24) is 0 Å². The summed E-state index contributed by atoms with van der Waals surface area (Å²) in [5.74, 6) is 1.03. The summed E-state index contributed by atoms with van der Waals surface area (Å²) in [5.41, 5.74) is 0. The van der Waals surface area contributed by atoms with Crippen LogP contribution in [0.25, 0.3) is 0 Å². The number of rotatable bonds is 2. The molecular weight excluding hydrogens is 214 g/mol. The number of quaternary nitrogens is 1. The molecule has 0 aromatic carbocycles. The van der Waals surface area contributed by atoms with Crippen LogP contribution in [0.2, 0.25) is 0 Å². The first-order valence-electron chi connectivity index (χ1n) is 5.61. The SMILES string of the molecule is CCC1CCC[NH+](CC)C1.CS(=O)(=O)[O-]. The first-order valence-corrected chi connectivity index (χ1v) is 7.42. The van der Waals surface area contributed by atoms with Crippen LogP contribution in [0.5, 0.6) is 0 Å². The maximum absolute atomic E-state index is 9.08. The van der Waals surface area contributed by atoms with Crippen LogP contribution in [0.15, 0.2) is 0 Å². The van der Waals surface area contributed by atoms with E-state index >= 15 is 0 Å². The molecule has 15 heavy (non-hydrogen) atoms. The molecule has 1 aliphatic rings. The Bertz CT molecular complexity index is 233. The molecular formula is C10H23NO3S.